The highest BCUT2D eigenvalue weighted by Crippen LogP contribution is 2.30. The summed E-state index contributed by atoms with van der Waals surface area (Å²) in [6.07, 6.45) is 5.03. The Bertz CT molecular complexity index is 606. The van der Waals surface area contributed by atoms with Crippen LogP contribution in [0.5, 0.6) is 0 Å². The fraction of sp³-hybridized carbons (Fsp3) is 0.750. The summed E-state index contributed by atoms with van der Waals surface area (Å²) in [4.78, 5) is 4.52. The first-order valence-corrected chi connectivity index (χ1v) is 8.08. The number of fused-ring (bicyclic) bond motifs is 1. The lowest BCUT2D eigenvalue weighted by molar-refractivity contribution is 0.275. The maximum absolute atomic E-state index is 6.16. The molecule has 0 aromatic carbocycles. The summed E-state index contributed by atoms with van der Waals surface area (Å²) in [6.45, 7) is 12.7. The van der Waals surface area contributed by atoms with E-state index in [9.17, 15) is 0 Å². The van der Waals surface area contributed by atoms with Crippen LogP contribution in [0.25, 0.3) is 11.2 Å². The van der Waals surface area contributed by atoms with Gasteiger partial charge in [-0.25, -0.2) is 9.67 Å². The lowest BCUT2D eigenvalue weighted by atomic mass is 9.87. The van der Waals surface area contributed by atoms with E-state index in [1.807, 2.05) is 11.6 Å². The van der Waals surface area contributed by atoms with Crippen LogP contribution in [0, 0.1) is 12.3 Å². The molecular formula is C16H29N5. The summed E-state index contributed by atoms with van der Waals surface area (Å²) < 4.78 is 4.15. The quantitative estimate of drug-likeness (QED) is 0.790. The molecule has 0 saturated heterocycles. The van der Waals surface area contributed by atoms with Crippen molar-refractivity contribution in [1.82, 2.24) is 19.3 Å². The van der Waals surface area contributed by atoms with Crippen LogP contribution in [0.2, 0.25) is 0 Å². The topological polar surface area (TPSA) is 61.7 Å². The van der Waals surface area contributed by atoms with Crippen LogP contribution in [0.4, 0.5) is 5.95 Å². The molecule has 2 aromatic heterocycles. The second kappa shape index (κ2) is 6.08. The van der Waals surface area contributed by atoms with Crippen molar-refractivity contribution in [3.05, 3.63) is 5.69 Å². The number of hydrogen-bond acceptors (Lipinski definition) is 3. The lowest BCUT2D eigenvalue weighted by Gasteiger charge is -2.26. The Morgan fingerprint density at radius 3 is 2.52 bits per heavy atom. The minimum Gasteiger partial charge on any atom is -0.369 e. The summed E-state index contributed by atoms with van der Waals surface area (Å²) in [5.74, 6) is 0.608. The molecule has 5 nitrogen and oxygen atoms in total. The first kappa shape index (κ1) is 15.9. The molecule has 5 heteroatoms. The van der Waals surface area contributed by atoms with Crippen LogP contribution in [0.15, 0.2) is 0 Å². The number of aryl methyl sites for hydroxylation is 2. The van der Waals surface area contributed by atoms with Crippen LogP contribution in [0.3, 0.4) is 0 Å². The highest BCUT2D eigenvalue weighted by atomic mass is 15.4. The highest BCUT2D eigenvalue weighted by molar-refractivity contribution is 5.77. The predicted octanol–water partition coefficient (Wildman–Crippen LogP) is 3.75. The van der Waals surface area contributed by atoms with Crippen molar-refractivity contribution in [2.45, 2.75) is 73.4 Å². The average Bonchev–Trinajstić information content (AvgIpc) is 2.89. The van der Waals surface area contributed by atoms with Crippen molar-refractivity contribution in [2.24, 2.45) is 5.41 Å². The predicted molar refractivity (Wildman–Crippen MR) is 88.3 cm³/mol. The first-order chi connectivity index (χ1) is 9.89. The summed E-state index contributed by atoms with van der Waals surface area (Å²) in [5.41, 5.74) is 9.35. The van der Waals surface area contributed by atoms with Gasteiger partial charge in [0.05, 0.1) is 5.69 Å². The molecule has 0 aliphatic carbocycles. The van der Waals surface area contributed by atoms with Gasteiger partial charge in [-0.1, -0.05) is 40.0 Å². The molecule has 0 fully saturated rings. The van der Waals surface area contributed by atoms with Crippen LogP contribution in [-0.4, -0.2) is 19.3 Å². The van der Waals surface area contributed by atoms with Crippen molar-refractivity contribution < 1.29 is 0 Å². The van der Waals surface area contributed by atoms with Crippen LogP contribution in [0.1, 0.15) is 59.1 Å². The van der Waals surface area contributed by atoms with Gasteiger partial charge in [-0.15, -0.1) is 0 Å². The number of nitrogens with two attached hydrogens (primary N) is 1. The molecule has 0 aliphatic rings. The summed E-state index contributed by atoms with van der Waals surface area (Å²) >= 11 is 0. The molecule has 0 spiro atoms. The van der Waals surface area contributed by atoms with E-state index >= 15 is 0 Å². The number of unbranched alkanes of at least 4 members (excludes halogenated alkanes) is 2. The van der Waals surface area contributed by atoms with Crippen LogP contribution >= 0.6 is 0 Å². The zero-order chi connectivity index (χ0) is 15.6. The third-order valence-corrected chi connectivity index (χ3v) is 4.17. The summed E-state index contributed by atoms with van der Waals surface area (Å²) in [7, 11) is 0. The van der Waals surface area contributed by atoms with Crippen molar-refractivity contribution in [3.8, 4) is 0 Å². The number of rotatable bonds is 7. The van der Waals surface area contributed by atoms with Crippen LogP contribution < -0.4 is 5.73 Å². The summed E-state index contributed by atoms with van der Waals surface area (Å²) in [5, 5.41) is 4.55. The van der Waals surface area contributed by atoms with Gasteiger partial charge in [0.1, 0.15) is 5.52 Å². The molecule has 0 aliphatic heterocycles. The van der Waals surface area contributed by atoms with Gasteiger partial charge in [0.2, 0.25) is 5.95 Å². The highest BCUT2D eigenvalue weighted by Gasteiger charge is 2.23. The normalized spacial score (nSPS) is 12.4. The van der Waals surface area contributed by atoms with Gasteiger partial charge in [-0.05, 0) is 25.7 Å². The maximum atomic E-state index is 6.16. The molecule has 2 N–H and O–H groups in total. The molecule has 2 aromatic rings. The Morgan fingerprint density at radius 2 is 1.90 bits per heavy atom. The molecule has 0 radical (unpaired) electrons. The van der Waals surface area contributed by atoms with Gasteiger partial charge >= 0.3 is 0 Å². The van der Waals surface area contributed by atoms with E-state index in [0.717, 1.165) is 29.9 Å². The minimum absolute atomic E-state index is 0.216. The van der Waals surface area contributed by atoms with Gasteiger partial charge < -0.3 is 5.73 Å². The number of nitrogen functional groups attached to an aromatic ring is 1. The van der Waals surface area contributed by atoms with Gasteiger partial charge in [-0.2, -0.15) is 5.10 Å². The van der Waals surface area contributed by atoms with E-state index in [0.29, 0.717) is 5.95 Å². The molecule has 0 saturated carbocycles. The van der Waals surface area contributed by atoms with Crippen molar-refractivity contribution in [1.29, 1.82) is 0 Å². The Labute approximate surface area is 127 Å². The number of nitrogens with zero attached hydrogens (tertiary/aromatic N) is 4. The second-order valence-electron chi connectivity index (χ2n) is 6.75. The zero-order valence-electron chi connectivity index (χ0n) is 14.1. The Balaban J connectivity index is 2.31. The molecule has 2 rings (SSSR count). The van der Waals surface area contributed by atoms with Gasteiger partial charge in [-0.3, -0.25) is 4.57 Å². The number of aromatic nitrogens is 4. The third kappa shape index (κ3) is 3.22. The smallest absolute Gasteiger partial charge is 0.202 e. The second-order valence-corrected chi connectivity index (χ2v) is 6.75. The van der Waals surface area contributed by atoms with E-state index in [-0.39, 0.29) is 5.41 Å². The minimum atomic E-state index is 0.216. The van der Waals surface area contributed by atoms with E-state index in [1.54, 1.807) is 0 Å². The fourth-order valence-corrected chi connectivity index (χ4v) is 2.98. The van der Waals surface area contributed by atoms with Gasteiger partial charge in [0, 0.05) is 13.1 Å². The molecule has 0 atom stereocenters. The first-order valence-electron chi connectivity index (χ1n) is 8.08. The number of anilines is 1. The monoisotopic (exact) mass is 291 g/mol. The largest absolute Gasteiger partial charge is 0.369 e. The van der Waals surface area contributed by atoms with E-state index in [1.165, 1.54) is 25.7 Å². The van der Waals surface area contributed by atoms with Crippen LogP contribution in [-0.2, 0) is 13.1 Å². The van der Waals surface area contributed by atoms with E-state index in [4.69, 9.17) is 5.73 Å². The molecular weight excluding hydrogens is 262 g/mol. The molecule has 2 heterocycles. The van der Waals surface area contributed by atoms with Crippen molar-refractivity contribution in [3.63, 3.8) is 0 Å². The lowest BCUT2D eigenvalue weighted by Crippen LogP contribution is -2.22. The molecule has 0 unspecified atom stereocenters. The maximum Gasteiger partial charge on any atom is 0.202 e. The van der Waals surface area contributed by atoms with E-state index in [2.05, 4.69) is 42.3 Å². The van der Waals surface area contributed by atoms with Gasteiger partial charge in [0.15, 0.2) is 5.65 Å². The molecule has 0 amide bonds. The fourth-order valence-electron chi connectivity index (χ4n) is 2.98. The Kier molecular flexibility index (Phi) is 4.59. The number of imidazole rings is 1. The Hall–Kier alpha value is -1.52. The average molecular weight is 291 g/mol. The van der Waals surface area contributed by atoms with Crippen molar-refractivity contribution in [2.75, 3.05) is 5.73 Å². The third-order valence-electron chi connectivity index (χ3n) is 4.17. The van der Waals surface area contributed by atoms with Gasteiger partial charge in [0.25, 0.3) is 0 Å². The molecule has 118 valence electrons. The standard InChI is InChI=1S/C16H29N5/c1-6-8-9-10-16(4,5)11-20-14-13(18-15(20)17)12(3)19-21(14)7-2/h6-11H2,1-5H3,(H2,17,18). The Morgan fingerprint density at radius 1 is 1.19 bits per heavy atom. The zero-order valence-corrected chi connectivity index (χ0v) is 14.1. The molecule has 0 bridgehead atoms. The number of hydrogen-bond donors (Lipinski definition) is 1. The van der Waals surface area contributed by atoms with E-state index < -0.39 is 0 Å². The van der Waals surface area contributed by atoms with Crippen molar-refractivity contribution >= 4 is 17.1 Å². The SMILES string of the molecule is CCCCCC(C)(C)Cn1c(N)nc2c(C)nn(CC)c21. The molecule has 21 heavy (non-hydrogen) atoms. The summed E-state index contributed by atoms with van der Waals surface area (Å²) in [6, 6.07) is 0.